The van der Waals surface area contributed by atoms with Gasteiger partial charge in [0, 0.05) is 37.0 Å². The van der Waals surface area contributed by atoms with Gasteiger partial charge in [0.1, 0.15) is 0 Å². The molecule has 0 amide bonds. The Morgan fingerprint density at radius 1 is 1.09 bits per heavy atom. The average molecular weight is 303 g/mol. The lowest BCUT2D eigenvalue weighted by Gasteiger charge is -2.27. The molecule has 0 aromatic heterocycles. The van der Waals surface area contributed by atoms with Gasteiger partial charge in [-0.25, -0.2) is 0 Å². The third-order valence-corrected chi connectivity index (χ3v) is 5.09. The van der Waals surface area contributed by atoms with Gasteiger partial charge in [0.2, 0.25) is 0 Å². The highest BCUT2D eigenvalue weighted by Crippen LogP contribution is 2.28. The van der Waals surface area contributed by atoms with Gasteiger partial charge in [0.25, 0.3) is 5.69 Å². The first-order valence-corrected chi connectivity index (χ1v) is 8.39. The molecule has 1 aromatic rings. The molecule has 2 fully saturated rings. The smallest absolute Gasteiger partial charge is 0.269 e. The second-order valence-corrected chi connectivity index (χ2v) is 6.54. The van der Waals surface area contributed by atoms with E-state index >= 15 is 0 Å². The van der Waals surface area contributed by atoms with Gasteiger partial charge in [-0.1, -0.05) is 0 Å². The molecule has 5 heteroatoms. The van der Waals surface area contributed by atoms with Gasteiger partial charge < -0.3 is 9.80 Å². The van der Waals surface area contributed by atoms with Crippen LogP contribution in [0.1, 0.15) is 37.7 Å². The first-order chi connectivity index (χ1) is 10.6. The second-order valence-electron chi connectivity index (χ2n) is 6.54. The van der Waals surface area contributed by atoms with Crippen LogP contribution in [0.4, 0.5) is 11.4 Å². The molecule has 0 spiro atoms. The molecule has 2 heterocycles. The molecule has 0 radical (unpaired) electrons. The van der Waals surface area contributed by atoms with Crippen molar-refractivity contribution >= 4 is 11.4 Å². The van der Waals surface area contributed by atoms with Crippen LogP contribution in [-0.4, -0.2) is 42.0 Å². The van der Waals surface area contributed by atoms with Crippen molar-refractivity contribution < 1.29 is 4.92 Å². The third kappa shape index (κ3) is 3.24. The van der Waals surface area contributed by atoms with E-state index in [1.807, 2.05) is 13.0 Å². The van der Waals surface area contributed by atoms with Gasteiger partial charge in [-0.2, -0.15) is 0 Å². The SMILES string of the molecule is Cc1cc([N+](=O)[O-])ccc1N1CCCC(N2CCCC2)CC1. The van der Waals surface area contributed by atoms with Crippen LogP contribution in [0, 0.1) is 17.0 Å². The number of nitro benzene ring substituents is 1. The van der Waals surface area contributed by atoms with Gasteiger partial charge in [-0.15, -0.1) is 0 Å². The van der Waals surface area contributed by atoms with Crippen LogP contribution in [0.3, 0.4) is 0 Å². The lowest BCUT2D eigenvalue weighted by Crippen LogP contribution is -2.33. The predicted molar refractivity (Wildman–Crippen MR) is 88.5 cm³/mol. The molecule has 5 nitrogen and oxygen atoms in total. The summed E-state index contributed by atoms with van der Waals surface area (Å²) in [5.74, 6) is 0. The molecule has 2 aliphatic heterocycles. The van der Waals surface area contributed by atoms with Crippen molar-refractivity contribution in [3.8, 4) is 0 Å². The minimum absolute atomic E-state index is 0.186. The van der Waals surface area contributed by atoms with Crippen molar-refractivity contribution in [1.82, 2.24) is 4.90 Å². The van der Waals surface area contributed by atoms with Crippen LogP contribution in [-0.2, 0) is 0 Å². The van der Waals surface area contributed by atoms with Crippen molar-refractivity contribution in [1.29, 1.82) is 0 Å². The summed E-state index contributed by atoms with van der Waals surface area (Å²) in [5, 5.41) is 10.9. The molecule has 120 valence electrons. The summed E-state index contributed by atoms with van der Waals surface area (Å²) in [6, 6.07) is 5.97. The number of benzene rings is 1. The summed E-state index contributed by atoms with van der Waals surface area (Å²) in [6.07, 6.45) is 6.39. The Morgan fingerprint density at radius 2 is 1.86 bits per heavy atom. The Morgan fingerprint density at radius 3 is 2.55 bits per heavy atom. The maximum absolute atomic E-state index is 10.9. The quantitative estimate of drug-likeness (QED) is 0.634. The van der Waals surface area contributed by atoms with Gasteiger partial charge in [0.15, 0.2) is 0 Å². The van der Waals surface area contributed by atoms with Gasteiger partial charge in [-0.3, -0.25) is 10.1 Å². The Hall–Kier alpha value is -1.62. The first kappa shape index (κ1) is 15.3. The fraction of sp³-hybridized carbons (Fsp3) is 0.647. The number of aryl methyl sites for hydroxylation is 1. The van der Waals surface area contributed by atoms with E-state index in [4.69, 9.17) is 0 Å². The lowest BCUT2D eigenvalue weighted by atomic mass is 10.1. The molecule has 1 aromatic carbocycles. The average Bonchev–Trinajstić information content (AvgIpc) is 2.92. The summed E-state index contributed by atoms with van der Waals surface area (Å²) in [4.78, 5) is 15.6. The monoisotopic (exact) mass is 303 g/mol. The van der Waals surface area contributed by atoms with E-state index < -0.39 is 0 Å². The Kier molecular flexibility index (Phi) is 4.62. The summed E-state index contributed by atoms with van der Waals surface area (Å²) >= 11 is 0. The maximum Gasteiger partial charge on any atom is 0.269 e. The molecule has 1 unspecified atom stereocenters. The van der Waals surface area contributed by atoms with Gasteiger partial charge in [-0.05, 0) is 63.7 Å². The zero-order valence-electron chi connectivity index (χ0n) is 13.3. The number of rotatable bonds is 3. The Bertz CT molecular complexity index is 541. The van der Waals surface area contributed by atoms with E-state index in [1.54, 1.807) is 12.1 Å². The first-order valence-electron chi connectivity index (χ1n) is 8.39. The van der Waals surface area contributed by atoms with E-state index in [-0.39, 0.29) is 10.6 Å². The molecule has 3 rings (SSSR count). The highest BCUT2D eigenvalue weighted by Gasteiger charge is 2.25. The number of hydrogen-bond acceptors (Lipinski definition) is 4. The zero-order chi connectivity index (χ0) is 15.5. The summed E-state index contributed by atoms with van der Waals surface area (Å²) in [6.45, 7) is 6.62. The van der Waals surface area contributed by atoms with Crippen molar-refractivity contribution in [2.75, 3.05) is 31.1 Å². The lowest BCUT2D eigenvalue weighted by molar-refractivity contribution is -0.384. The van der Waals surface area contributed by atoms with Crippen LogP contribution in [0.5, 0.6) is 0 Å². The van der Waals surface area contributed by atoms with Crippen molar-refractivity contribution in [2.24, 2.45) is 0 Å². The standard InChI is InChI=1S/C17H25N3O2/c1-14-13-16(20(21)22)6-7-17(14)19-11-4-5-15(8-12-19)18-9-2-3-10-18/h6-7,13,15H,2-5,8-12H2,1H3. The van der Waals surface area contributed by atoms with E-state index in [1.165, 1.54) is 45.2 Å². The molecule has 1 atom stereocenters. The fourth-order valence-electron chi connectivity index (χ4n) is 3.90. The number of likely N-dealkylation sites (tertiary alicyclic amines) is 1. The molecule has 0 N–H and O–H groups in total. The number of nitrogens with zero attached hydrogens (tertiary/aromatic N) is 3. The minimum atomic E-state index is -0.317. The van der Waals surface area contributed by atoms with Gasteiger partial charge in [0.05, 0.1) is 4.92 Å². The number of non-ortho nitro benzene ring substituents is 1. The van der Waals surface area contributed by atoms with E-state index in [0.717, 1.165) is 30.4 Å². The fourth-order valence-corrected chi connectivity index (χ4v) is 3.90. The molecule has 0 saturated carbocycles. The van der Waals surface area contributed by atoms with Crippen molar-refractivity contribution in [3.05, 3.63) is 33.9 Å². The second kappa shape index (κ2) is 6.65. The van der Waals surface area contributed by atoms with Crippen LogP contribution >= 0.6 is 0 Å². The molecule has 2 aliphatic rings. The topological polar surface area (TPSA) is 49.6 Å². The highest BCUT2D eigenvalue weighted by molar-refractivity contribution is 5.57. The summed E-state index contributed by atoms with van der Waals surface area (Å²) in [5.41, 5.74) is 2.35. The molecule has 2 saturated heterocycles. The number of hydrogen-bond donors (Lipinski definition) is 0. The van der Waals surface area contributed by atoms with E-state index in [9.17, 15) is 10.1 Å². The molecule has 0 bridgehead atoms. The third-order valence-electron chi connectivity index (χ3n) is 5.09. The van der Waals surface area contributed by atoms with Crippen LogP contribution in [0.2, 0.25) is 0 Å². The molecular formula is C17H25N3O2. The molecular weight excluding hydrogens is 278 g/mol. The zero-order valence-corrected chi connectivity index (χ0v) is 13.3. The molecule has 0 aliphatic carbocycles. The summed E-state index contributed by atoms with van der Waals surface area (Å²) in [7, 11) is 0. The van der Waals surface area contributed by atoms with Crippen LogP contribution in [0.25, 0.3) is 0 Å². The summed E-state index contributed by atoms with van der Waals surface area (Å²) < 4.78 is 0. The van der Waals surface area contributed by atoms with Crippen molar-refractivity contribution in [2.45, 2.75) is 45.1 Å². The predicted octanol–water partition coefficient (Wildman–Crippen LogP) is 3.36. The van der Waals surface area contributed by atoms with E-state index in [2.05, 4.69) is 9.80 Å². The van der Waals surface area contributed by atoms with E-state index in [0.29, 0.717) is 0 Å². The number of anilines is 1. The minimum Gasteiger partial charge on any atom is -0.371 e. The highest BCUT2D eigenvalue weighted by atomic mass is 16.6. The van der Waals surface area contributed by atoms with Crippen molar-refractivity contribution in [3.63, 3.8) is 0 Å². The normalized spacial score (nSPS) is 23.5. The number of nitro groups is 1. The Balaban J connectivity index is 1.69. The largest absolute Gasteiger partial charge is 0.371 e. The van der Waals surface area contributed by atoms with Crippen LogP contribution in [0.15, 0.2) is 18.2 Å². The van der Waals surface area contributed by atoms with Gasteiger partial charge >= 0.3 is 0 Å². The van der Waals surface area contributed by atoms with Crippen LogP contribution < -0.4 is 4.90 Å². The molecule has 22 heavy (non-hydrogen) atoms. The Labute approximate surface area is 132 Å². The maximum atomic E-state index is 10.9.